The summed E-state index contributed by atoms with van der Waals surface area (Å²) in [5, 5.41) is 27.8. The standard InChI is InChI=1S/C17H17ClN4O3/c1-9(2)22-16(23)12(8-19)10(3)15(17(22)24)21-20-11-5-6-14(25-4)13(18)7-11/h5-7,9,23H,1-4H3. The van der Waals surface area contributed by atoms with Crippen molar-refractivity contribution in [3.05, 3.63) is 44.7 Å². The Labute approximate surface area is 149 Å². The highest BCUT2D eigenvalue weighted by atomic mass is 35.5. The first-order valence-corrected chi connectivity index (χ1v) is 7.83. The van der Waals surface area contributed by atoms with Crippen molar-refractivity contribution < 1.29 is 9.84 Å². The van der Waals surface area contributed by atoms with Crippen molar-refractivity contribution in [2.75, 3.05) is 7.11 Å². The number of azo groups is 1. The van der Waals surface area contributed by atoms with Crippen LogP contribution in [0.1, 0.15) is 31.0 Å². The maximum absolute atomic E-state index is 12.6. The van der Waals surface area contributed by atoms with Crippen LogP contribution in [0.15, 0.2) is 33.2 Å². The number of halogens is 1. The zero-order valence-electron chi connectivity index (χ0n) is 14.2. The Morgan fingerprint density at radius 3 is 2.56 bits per heavy atom. The second-order valence-electron chi connectivity index (χ2n) is 5.57. The third-order valence-corrected chi connectivity index (χ3v) is 3.93. The number of aromatic nitrogens is 1. The highest BCUT2D eigenvalue weighted by Crippen LogP contribution is 2.31. The van der Waals surface area contributed by atoms with Gasteiger partial charge in [-0.15, -0.1) is 5.11 Å². The lowest BCUT2D eigenvalue weighted by atomic mass is 10.1. The van der Waals surface area contributed by atoms with Gasteiger partial charge in [-0.05, 0) is 39.0 Å². The van der Waals surface area contributed by atoms with Gasteiger partial charge in [0.25, 0.3) is 5.56 Å². The van der Waals surface area contributed by atoms with Crippen molar-refractivity contribution in [3.8, 4) is 17.7 Å². The molecule has 0 spiro atoms. The summed E-state index contributed by atoms with van der Waals surface area (Å²) >= 11 is 6.04. The molecule has 7 nitrogen and oxygen atoms in total. The van der Waals surface area contributed by atoms with Gasteiger partial charge in [0.05, 0.1) is 17.8 Å². The number of ether oxygens (including phenoxy) is 1. The molecule has 1 aromatic carbocycles. The molecule has 2 aromatic rings. The Hall–Kier alpha value is -2.85. The monoisotopic (exact) mass is 360 g/mol. The molecule has 130 valence electrons. The van der Waals surface area contributed by atoms with E-state index < -0.39 is 5.56 Å². The number of nitriles is 1. The van der Waals surface area contributed by atoms with Crippen LogP contribution in [-0.2, 0) is 0 Å². The van der Waals surface area contributed by atoms with Gasteiger partial charge in [-0.25, -0.2) is 0 Å². The predicted molar refractivity (Wildman–Crippen MR) is 94.4 cm³/mol. The molecule has 2 rings (SSSR count). The van der Waals surface area contributed by atoms with Crippen LogP contribution in [0.3, 0.4) is 0 Å². The summed E-state index contributed by atoms with van der Waals surface area (Å²) in [6, 6.07) is 6.37. The van der Waals surface area contributed by atoms with E-state index in [9.17, 15) is 15.2 Å². The number of nitrogens with zero attached hydrogens (tertiary/aromatic N) is 4. The molecule has 0 atom stereocenters. The number of pyridine rings is 1. The maximum atomic E-state index is 12.6. The summed E-state index contributed by atoms with van der Waals surface area (Å²) in [4.78, 5) is 12.6. The van der Waals surface area contributed by atoms with E-state index in [1.807, 2.05) is 6.07 Å². The first-order valence-electron chi connectivity index (χ1n) is 7.45. The summed E-state index contributed by atoms with van der Waals surface area (Å²) in [5.74, 6) is 0.127. The average molecular weight is 361 g/mol. The SMILES string of the molecule is COc1ccc(N=Nc2c(C)c(C#N)c(O)n(C(C)C)c2=O)cc1Cl. The lowest BCUT2D eigenvalue weighted by molar-refractivity contribution is 0.386. The second-order valence-corrected chi connectivity index (χ2v) is 5.98. The molecule has 1 N–H and O–H groups in total. The smallest absolute Gasteiger partial charge is 0.281 e. The maximum Gasteiger partial charge on any atom is 0.281 e. The van der Waals surface area contributed by atoms with Crippen LogP contribution >= 0.6 is 11.6 Å². The summed E-state index contributed by atoms with van der Waals surface area (Å²) < 4.78 is 6.18. The van der Waals surface area contributed by atoms with E-state index in [0.717, 1.165) is 4.57 Å². The third kappa shape index (κ3) is 3.49. The van der Waals surface area contributed by atoms with Gasteiger partial charge < -0.3 is 9.84 Å². The zero-order chi connectivity index (χ0) is 18.7. The van der Waals surface area contributed by atoms with Crippen LogP contribution in [0.25, 0.3) is 0 Å². The Kier molecular flexibility index (Phi) is 5.45. The van der Waals surface area contributed by atoms with Gasteiger partial charge in [0.15, 0.2) is 5.69 Å². The number of methoxy groups -OCH3 is 1. The fraction of sp³-hybridized carbons (Fsp3) is 0.294. The van der Waals surface area contributed by atoms with Gasteiger partial charge in [0.1, 0.15) is 17.4 Å². The fourth-order valence-corrected chi connectivity index (χ4v) is 2.59. The molecule has 0 unspecified atom stereocenters. The van der Waals surface area contributed by atoms with Crippen LogP contribution in [-0.4, -0.2) is 16.8 Å². The van der Waals surface area contributed by atoms with Gasteiger partial charge in [-0.2, -0.15) is 10.4 Å². The number of benzene rings is 1. The van der Waals surface area contributed by atoms with Crippen molar-refractivity contribution in [2.24, 2.45) is 10.2 Å². The van der Waals surface area contributed by atoms with E-state index in [1.165, 1.54) is 7.11 Å². The topological polar surface area (TPSA) is 100.0 Å². The second kappa shape index (κ2) is 7.36. The van der Waals surface area contributed by atoms with Crippen LogP contribution in [0.4, 0.5) is 11.4 Å². The minimum atomic E-state index is -0.521. The summed E-state index contributed by atoms with van der Waals surface area (Å²) in [6.45, 7) is 4.99. The number of hydrogen-bond donors (Lipinski definition) is 1. The van der Waals surface area contributed by atoms with E-state index in [2.05, 4.69) is 10.2 Å². The van der Waals surface area contributed by atoms with Crippen molar-refractivity contribution >= 4 is 23.0 Å². The summed E-state index contributed by atoms with van der Waals surface area (Å²) in [5.41, 5.74) is 0.162. The normalized spacial score (nSPS) is 11.1. The van der Waals surface area contributed by atoms with Gasteiger partial charge in [0.2, 0.25) is 5.88 Å². The van der Waals surface area contributed by atoms with E-state index >= 15 is 0 Å². The highest BCUT2D eigenvalue weighted by molar-refractivity contribution is 6.32. The molecule has 0 bridgehead atoms. The predicted octanol–water partition coefficient (Wildman–Crippen LogP) is 4.39. The van der Waals surface area contributed by atoms with Crippen LogP contribution < -0.4 is 10.3 Å². The van der Waals surface area contributed by atoms with Crippen LogP contribution in [0, 0.1) is 18.3 Å². The Morgan fingerprint density at radius 1 is 1.36 bits per heavy atom. The van der Waals surface area contributed by atoms with Gasteiger partial charge >= 0.3 is 0 Å². The Bertz CT molecular complexity index is 942. The molecule has 1 heterocycles. The van der Waals surface area contributed by atoms with E-state index in [0.29, 0.717) is 16.5 Å². The highest BCUT2D eigenvalue weighted by Gasteiger charge is 2.20. The minimum absolute atomic E-state index is 0.00462. The van der Waals surface area contributed by atoms with Gasteiger partial charge in [-0.1, -0.05) is 11.6 Å². The Balaban J connectivity index is 2.60. The van der Waals surface area contributed by atoms with E-state index in [4.69, 9.17) is 16.3 Å². The number of rotatable bonds is 4. The molecule has 1 aromatic heterocycles. The van der Waals surface area contributed by atoms with Crippen molar-refractivity contribution in [1.29, 1.82) is 5.26 Å². The molecule has 0 amide bonds. The number of hydrogen-bond acceptors (Lipinski definition) is 6. The molecule has 0 saturated heterocycles. The lowest BCUT2D eigenvalue weighted by Crippen LogP contribution is -2.23. The first kappa shape index (κ1) is 18.5. The van der Waals surface area contributed by atoms with Crippen molar-refractivity contribution in [2.45, 2.75) is 26.8 Å². The van der Waals surface area contributed by atoms with Crippen molar-refractivity contribution in [1.82, 2.24) is 4.57 Å². The van der Waals surface area contributed by atoms with Gasteiger partial charge in [0, 0.05) is 11.6 Å². The molecule has 0 radical (unpaired) electrons. The number of aromatic hydroxyl groups is 1. The molecule has 0 aliphatic carbocycles. The van der Waals surface area contributed by atoms with Gasteiger partial charge in [-0.3, -0.25) is 9.36 Å². The molecule has 8 heteroatoms. The fourth-order valence-electron chi connectivity index (χ4n) is 2.33. The molecule has 0 aliphatic rings. The summed E-state index contributed by atoms with van der Waals surface area (Å²) in [6.07, 6.45) is 0. The zero-order valence-corrected chi connectivity index (χ0v) is 15.0. The largest absolute Gasteiger partial charge is 0.495 e. The lowest BCUT2D eigenvalue weighted by Gasteiger charge is -2.15. The first-order chi connectivity index (χ1) is 11.8. The third-order valence-electron chi connectivity index (χ3n) is 3.63. The summed E-state index contributed by atoms with van der Waals surface area (Å²) in [7, 11) is 1.50. The Morgan fingerprint density at radius 2 is 2.04 bits per heavy atom. The molecular weight excluding hydrogens is 344 g/mol. The quantitative estimate of drug-likeness (QED) is 0.817. The molecule has 25 heavy (non-hydrogen) atoms. The van der Waals surface area contributed by atoms with E-state index in [1.54, 1.807) is 39.0 Å². The molecular formula is C17H17ClN4O3. The average Bonchev–Trinajstić information content (AvgIpc) is 2.54. The van der Waals surface area contributed by atoms with E-state index in [-0.39, 0.29) is 28.7 Å². The molecule has 0 saturated carbocycles. The van der Waals surface area contributed by atoms with Crippen molar-refractivity contribution in [3.63, 3.8) is 0 Å². The van der Waals surface area contributed by atoms with Crippen LogP contribution in [0.5, 0.6) is 11.6 Å². The molecule has 0 aliphatic heterocycles. The molecule has 0 fully saturated rings. The van der Waals surface area contributed by atoms with Crippen LogP contribution in [0.2, 0.25) is 5.02 Å². The minimum Gasteiger partial charge on any atom is -0.495 e.